The molecule has 2 nitrogen and oxygen atoms in total. The Morgan fingerprint density at radius 3 is 2.48 bits per heavy atom. The number of benzene rings is 1. The fraction of sp³-hybridized carbons (Fsp3) is 0.652. The molecule has 2 unspecified atom stereocenters. The Bertz CT molecular complexity index is 608. The zero-order valence-electron chi connectivity index (χ0n) is 16.3. The average Bonchev–Trinajstić information content (AvgIpc) is 2.59. The Hall–Kier alpha value is -1.12. The fourth-order valence-corrected chi connectivity index (χ4v) is 5.90. The van der Waals surface area contributed by atoms with Crippen LogP contribution < -0.4 is 0 Å². The summed E-state index contributed by atoms with van der Waals surface area (Å²) >= 11 is 0. The predicted molar refractivity (Wildman–Crippen MR) is 103 cm³/mol. The second kappa shape index (κ2) is 6.55. The molecule has 1 N–H and O–H groups in total. The molecule has 0 aliphatic heterocycles. The van der Waals surface area contributed by atoms with Crippen LogP contribution in [0.15, 0.2) is 43.0 Å². The summed E-state index contributed by atoms with van der Waals surface area (Å²) in [5.41, 5.74) is 0.366. The SMILES string of the molecule is C=CC1(O)C(C)CC[C@H]2C(C)(C)[C@@H](OCc3ccccc3)CC[C@@]21C. The first-order valence-corrected chi connectivity index (χ1v) is 9.77. The maximum absolute atomic E-state index is 11.5. The summed E-state index contributed by atoms with van der Waals surface area (Å²) in [4.78, 5) is 0. The van der Waals surface area contributed by atoms with Crippen LogP contribution in [-0.2, 0) is 11.3 Å². The minimum Gasteiger partial charge on any atom is -0.385 e. The van der Waals surface area contributed by atoms with E-state index in [1.54, 1.807) is 0 Å². The van der Waals surface area contributed by atoms with Crippen LogP contribution in [0.25, 0.3) is 0 Å². The maximum atomic E-state index is 11.5. The Morgan fingerprint density at radius 2 is 1.84 bits per heavy atom. The smallest absolute Gasteiger partial charge is 0.0906 e. The van der Waals surface area contributed by atoms with Gasteiger partial charge in [-0.3, -0.25) is 0 Å². The molecule has 5 atom stereocenters. The van der Waals surface area contributed by atoms with Gasteiger partial charge in [0.2, 0.25) is 0 Å². The van der Waals surface area contributed by atoms with Gasteiger partial charge in [-0.15, -0.1) is 6.58 Å². The van der Waals surface area contributed by atoms with Gasteiger partial charge in [-0.1, -0.05) is 64.1 Å². The molecule has 2 aliphatic rings. The molecule has 0 aromatic heterocycles. The third-order valence-corrected chi connectivity index (χ3v) is 7.58. The third kappa shape index (κ3) is 2.88. The second-order valence-corrected chi connectivity index (χ2v) is 9.12. The van der Waals surface area contributed by atoms with Gasteiger partial charge in [0.1, 0.15) is 0 Å². The van der Waals surface area contributed by atoms with Crippen molar-refractivity contribution >= 4 is 0 Å². The minimum atomic E-state index is -0.780. The monoisotopic (exact) mass is 342 g/mol. The van der Waals surface area contributed by atoms with Crippen molar-refractivity contribution in [2.45, 2.75) is 71.7 Å². The van der Waals surface area contributed by atoms with Gasteiger partial charge in [0.25, 0.3) is 0 Å². The van der Waals surface area contributed by atoms with Crippen LogP contribution in [0.4, 0.5) is 0 Å². The van der Waals surface area contributed by atoms with Gasteiger partial charge >= 0.3 is 0 Å². The van der Waals surface area contributed by atoms with Crippen molar-refractivity contribution in [1.29, 1.82) is 0 Å². The molecule has 0 amide bonds. The van der Waals surface area contributed by atoms with E-state index in [4.69, 9.17) is 4.74 Å². The van der Waals surface area contributed by atoms with Crippen molar-refractivity contribution in [1.82, 2.24) is 0 Å². The lowest BCUT2D eigenvalue weighted by Crippen LogP contribution is -2.64. The van der Waals surface area contributed by atoms with Gasteiger partial charge < -0.3 is 9.84 Å². The summed E-state index contributed by atoms with van der Waals surface area (Å²) in [6.07, 6.45) is 6.26. The van der Waals surface area contributed by atoms with Gasteiger partial charge in [-0.25, -0.2) is 0 Å². The van der Waals surface area contributed by atoms with E-state index in [9.17, 15) is 5.11 Å². The van der Waals surface area contributed by atoms with E-state index in [2.05, 4.69) is 58.5 Å². The largest absolute Gasteiger partial charge is 0.385 e. The van der Waals surface area contributed by atoms with E-state index in [0.717, 1.165) is 25.7 Å². The highest BCUT2D eigenvalue weighted by Crippen LogP contribution is 2.63. The topological polar surface area (TPSA) is 29.5 Å². The zero-order valence-corrected chi connectivity index (χ0v) is 16.3. The Labute approximate surface area is 153 Å². The lowest BCUT2D eigenvalue weighted by Gasteiger charge is -2.63. The summed E-state index contributed by atoms with van der Waals surface area (Å²) in [6, 6.07) is 10.4. The molecule has 1 aromatic rings. The lowest BCUT2D eigenvalue weighted by atomic mass is 9.44. The van der Waals surface area contributed by atoms with E-state index in [1.165, 1.54) is 5.56 Å². The normalized spacial score (nSPS) is 40.3. The van der Waals surface area contributed by atoms with E-state index >= 15 is 0 Å². The minimum absolute atomic E-state index is 0.0406. The van der Waals surface area contributed by atoms with Crippen LogP contribution in [0.1, 0.15) is 58.9 Å². The Kier molecular flexibility index (Phi) is 4.89. The standard InChI is InChI=1S/C23H34O2/c1-6-23(24)17(2)12-13-19-21(3,4)20(14-15-22(19,23)5)25-16-18-10-8-7-9-11-18/h6-11,17,19-20,24H,1,12-16H2,2-5H3/t17?,19-,20-,22-,23?/m0/s1. The molecule has 2 saturated carbocycles. The van der Waals surface area contributed by atoms with Gasteiger partial charge in [-0.05, 0) is 48.5 Å². The quantitative estimate of drug-likeness (QED) is 0.746. The van der Waals surface area contributed by atoms with Gasteiger partial charge in [0.15, 0.2) is 0 Å². The molecule has 0 spiro atoms. The molecule has 0 radical (unpaired) electrons. The highest BCUT2D eigenvalue weighted by atomic mass is 16.5. The molecule has 138 valence electrons. The number of rotatable bonds is 4. The van der Waals surface area contributed by atoms with Crippen LogP contribution in [0.2, 0.25) is 0 Å². The van der Waals surface area contributed by atoms with Crippen molar-refractivity contribution in [3.05, 3.63) is 48.6 Å². The van der Waals surface area contributed by atoms with Crippen LogP contribution in [0.3, 0.4) is 0 Å². The summed E-state index contributed by atoms with van der Waals surface area (Å²) in [5, 5.41) is 11.5. The highest BCUT2D eigenvalue weighted by Gasteiger charge is 2.62. The Morgan fingerprint density at radius 1 is 1.16 bits per heavy atom. The van der Waals surface area contributed by atoms with E-state index in [0.29, 0.717) is 12.5 Å². The molecular weight excluding hydrogens is 308 g/mol. The summed E-state index contributed by atoms with van der Waals surface area (Å²) in [5.74, 6) is 0.706. The molecule has 2 heteroatoms. The molecule has 0 bridgehead atoms. The van der Waals surface area contributed by atoms with E-state index < -0.39 is 5.60 Å². The van der Waals surface area contributed by atoms with Crippen LogP contribution in [-0.4, -0.2) is 16.8 Å². The van der Waals surface area contributed by atoms with Crippen molar-refractivity contribution < 1.29 is 9.84 Å². The number of fused-ring (bicyclic) bond motifs is 1. The molecule has 1 aromatic carbocycles. The van der Waals surface area contributed by atoms with Gasteiger partial charge in [0.05, 0.1) is 18.3 Å². The van der Waals surface area contributed by atoms with Crippen molar-refractivity contribution in [2.75, 3.05) is 0 Å². The first-order valence-electron chi connectivity index (χ1n) is 9.77. The predicted octanol–water partition coefficient (Wildman–Crippen LogP) is 5.36. The van der Waals surface area contributed by atoms with E-state index in [-0.39, 0.29) is 22.9 Å². The average molecular weight is 343 g/mol. The van der Waals surface area contributed by atoms with Crippen molar-refractivity contribution in [3.8, 4) is 0 Å². The van der Waals surface area contributed by atoms with Crippen molar-refractivity contribution in [2.24, 2.45) is 22.7 Å². The number of hydrogen-bond donors (Lipinski definition) is 1. The van der Waals surface area contributed by atoms with Crippen LogP contribution in [0.5, 0.6) is 0 Å². The lowest BCUT2D eigenvalue weighted by molar-refractivity contribution is -0.218. The number of aliphatic hydroxyl groups is 1. The van der Waals surface area contributed by atoms with Crippen LogP contribution in [0, 0.1) is 22.7 Å². The molecule has 0 saturated heterocycles. The van der Waals surface area contributed by atoms with Crippen molar-refractivity contribution in [3.63, 3.8) is 0 Å². The third-order valence-electron chi connectivity index (χ3n) is 7.58. The number of ether oxygens (including phenoxy) is 1. The van der Waals surface area contributed by atoms with E-state index in [1.807, 2.05) is 12.1 Å². The molecule has 3 rings (SSSR count). The second-order valence-electron chi connectivity index (χ2n) is 9.12. The maximum Gasteiger partial charge on any atom is 0.0906 e. The molecule has 2 fully saturated rings. The Balaban J connectivity index is 1.81. The van der Waals surface area contributed by atoms with Gasteiger partial charge in [-0.2, -0.15) is 0 Å². The highest BCUT2D eigenvalue weighted by molar-refractivity contribution is 5.19. The molecule has 0 heterocycles. The summed E-state index contributed by atoms with van der Waals surface area (Å²) in [6.45, 7) is 13.8. The van der Waals surface area contributed by atoms with Gasteiger partial charge in [0, 0.05) is 5.41 Å². The molecule has 25 heavy (non-hydrogen) atoms. The molecular formula is C23H34O2. The first-order chi connectivity index (χ1) is 11.8. The summed E-state index contributed by atoms with van der Waals surface area (Å²) < 4.78 is 6.40. The fourth-order valence-electron chi connectivity index (χ4n) is 5.90. The number of hydrogen-bond acceptors (Lipinski definition) is 2. The zero-order chi connectivity index (χ0) is 18.3. The molecule has 2 aliphatic carbocycles. The summed E-state index contributed by atoms with van der Waals surface area (Å²) in [7, 11) is 0. The van der Waals surface area contributed by atoms with Crippen LogP contribution >= 0.6 is 0 Å². The first kappa shape index (κ1) is 18.7.